The van der Waals surface area contributed by atoms with Crippen LogP contribution in [0.15, 0.2) is 18.2 Å². The Hall–Kier alpha value is -1.51. The Morgan fingerprint density at radius 1 is 1.36 bits per heavy atom. The molecule has 0 radical (unpaired) electrons. The highest BCUT2D eigenvalue weighted by atomic mass is 16.4. The summed E-state index contributed by atoms with van der Waals surface area (Å²) < 4.78 is 0. The average Bonchev–Trinajstić information content (AvgIpc) is 2.16. The molecule has 2 N–H and O–H groups in total. The molecule has 3 heteroatoms. The SMILES string of the molecule is O=C(O)[C@@H]1CCc2ccc(O)cc2C1. The maximum atomic E-state index is 10.8. The van der Waals surface area contributed by atoms with E-state index in [2.05, 4.69) is 0 Å². The lowest BCUT2D eigenvalue weighted by atomic mass is 9.84. The number of phenols is 1. The van der Waals surface area contributed by atoms with Gasteiger partial charge in [-0.05, 0) is 42.5 Å². The lowest BCUT2D eigenvalue weighted by Gasteiger charge is -2.21. The number of phenolic OH excluding ortho intramolecular Hbond substituents is 1. The molecular weight excluding hydrogens is 180 g/mol. The van der Waals surface area contributed by atoms with Crippen molar-refractivity contribution in [1.29, 1.82) is 0 Å². The van der Waals surface area contributed by atoms with Crippen molar-refractivity contribution in [2.24, 2.45) is 5.92 Å². The van der Waals surface area contributed by atoms with Gasteiger partial charge in [0, 0.05) is 0 Å². The summed E-state index contributed by atoms with van der Waals surface area (Å²) in [4.78, 5) is 10.8. The van der Waals surface area contributed by atoms with Crippen LogP contribution >= 0.6 is 0 Å². The van der Waals surface area contributed by atoms with Gasteiger partial charge >= 0.3 is 5.97 Å². The Kier molecular flexibility index (Phi) is 2.15. The van der Waals surface area contributed by atoms with Crippen LogP contribution < -0.4 is 0 Å². The number of carboxylic acids is 1. The maximum Gasteiger partial charge on any atom is 0.306 e. The van der Waals surface area contributed by atoms with Gasteiger partial charge in [0.1, 0.15) is 5.75 Å². The highest BCUT2D eigenvalue weighted by Gasteiger charge is 2.24. The third-order valence-corrected chi connectivity index (χ3v) is 2.77. The van der Waals surface area contributed by atoms with Crippen LogP contribution in [0.3, 0.4) is 0 Å². The van der Waals surface area contributed by atoms with Crippen molar-refractivity contribution in [3.05, 3.63) is 29.3 Å². The molecule has 0 aromatic heterocycles. The number of aliphatic carboxylic acids is 1. The second-order valence-electron chi connectivity index (χ2n) is 3.73. The normalized spacial score (nSPS) is 20.1. The van der Waals surface area contributed by atoms with Crippen molar-refractivity contribution in [1.82, 2.24) is 0 Å². The van der Waals surface area contributed by atoms with Gasteiger partial charge < -0.3 is 10.2 Å². The molecule has 1 aromatic rings. The summed E-state index contributed by atoms with van der Waals surface area (Å²) in [5.41, 5.74) is 2.14. The molecule has 0 amide bonds. The summed E-state index contributed by atoms with van der Waals surface area (Å²) in [6.07, 6.45) is 2.04. The molecule has 3 nitrogen and oxygen atoms in total. The molecule has 74 valence electrons. The van der Waals surface area contributed by atoms with Crippen molar-refractivity contribution in [3.63, 3.8) is 0 Å². The van der Waals surface area contributed by atoms with Crippen LogP contribution in [0, 0.1) is 5.92 Å². The molecule has 0 bridgehead atoms. The lowest BCUT2D eigenvalue weighted by molar-refractivity contribution is -0.142. The van der Waals surface area contributed by atoms with Crippen LogP contribution in [0.25, 0.3) is 0 Å². The van der Waals surface area contributed by atoms with Crippen LogP contribution in [-0.4, -0.2) is 16.2 Å². The van der Waals surface area contributed by atoms with E-state index in [1.807, 2.05) is 6.07 Å². The van der Waals surface area contributed by atoms with Gasteiger partial charge in [-0.25, -0.2) is 0 Å². The van der Waals surface area contributed by atoms with Crippen molar-refractivity contribution in [2.45, 2.75) is 19.3 Å². The molecule has 1 aliphatic rings. The standard InChI is InChI=1S/C11H12O3/c12-10-4-3-7-1-2-8(11(13)14)5-9(7)6-10/h3-4,6,8,12H,1-2,5H2,(H,13,14)/t8-/m1/s1. The minimum absolute atomic E-state index is 0.217. The summed E-state index contributed by atoms with van der Waals surface area (Å²) in [7, 11) is 0. The van der Waals surface area contributed by atoms with Gasteiger partial charge in [0.2, 0.25) is 0 Å². The fourth-order valence-corrected chi connectivity index (χ4v) is 1.95. The van der Waals surface area contributed by atoms with Crippen molar-refractivity contribution in [2.75, 3.05) is 0 Å². The maximum absolute atomic E-state index is 10.8. The van der Waals surface area contributed by atoms with Crippen LogP contribution in [-0.2, 0) is 17.6 Å². The highest BCUT2D eigenvalue weighted by molar-refractivity contribution is 5.71. The molecule has 1 aliphatic carbocycles. The van der Waals surface area contributed by atoms with E-state index in [1.54, 1.807) is 12.1 Å². The van der Waals surface area contributed by atoms with Gasteiger partial charge in [-0.2, -0.15) is 0 Å². The number of carbonyl (C=O) groups is 1. The summed E-state index contributed by atoms with van der Waals surface area (Å²) in [5.74, 6) is -0.807. The summed E-state index contributed by atoms with van der Waals surface area (Å²) in [6, 6.07) is 5.20. The number of fused-ring (bicyclic) bond motifs is 1. The summed E-state index contributed by atoms with van der Waals surface area (Å²) in [5, 5.41) is 18.1. The zero-order chi connectivity index (χ0) is 10.1. The molecule has 1 atom stereocenters. The molecule has 0 saturated carbocycles. The summed E-state index contributed by atoms with van der Waals surface area (Å²) in [6.45, 7) is 0. The Balaban J connectivity index is 2.29. The van der Waals surface area contributed by atoms with E-state index in [1.165, 1.54) is 5.56 Å². The molecule has 2 rings (SSSR count). The number of carboxylic acid groups (broad SMARTS) is 1. The zero-order valence-electron chi connectivity index (χ0n) is 7.73. The predicted molar refractivity (Wildman–Crippen MR) is 51.3 cm³/mol. The second kappa shape index (κ2) is 3.33. The van der Waals surface area contributed by atoms with Crippen molar-refractivity contribution in [3.8, 4) is 5.75 Å². The van der Waals surface area contributed by atoms with E-state index in [0.29, 0.717) is 12.8 Å². The second-order valence-corrected chi connectivity index (χ2v) is 3.73. The highest BCUT2D eigenvalue weighted by Crippen LogP contribution is 2.28. The zero-order valence-corrected chi connectivity index (χ0v) is 7.73. The molecule has 0 saturated heterocycles. The van der Waals surface area contributed by atoms with Crippen LogP contribution in [0.1, 0.15) is 17.5 Å². The number of aromatic hydroxyl groups is 1. The lowest BCUT2D eigenvalue weighted by Crippen LogP contribution is -2.21. The topological polar surface area (TPSA) is 57.5 Å². The molecule has 0 aliphatic heterocycles. The van der Waals surface area contributed by atoms with Crippen LogP contribution in [0.4, 0.5) is 0 Å². The van der Waals surface area contributed by atoms with Gasteiger partial charge in [0.25, 0.3) is 0 Å². The smallest absolute Gasteiger partial charge is 0.306 e. The molecular formula is C11H12O3. The van der Waals surface area contributed by atoms with Gasteiger partial charge in [0.15, 0.2) is 0 Å². The molecule has 0 fully saturated rings. The van der Waals surface area contributed by atoms with Gasteiger partial charge in [-0.1, -0.05) is 6.07 Å². The van der Waals surface area contributed by atoms with E-state index in [4.69, 9.17) is 5.11 Å². The van der Waals surface area contributed by atoms with Crippen molar-refractivity contribution >= 4 is 5.97 Å². The average molecular weight is 192 g/mol. The number of benzene rings is 1. The fourth-order valence-electron chi connectivity index (χ4n) is 1.95. The molecule has 14 heavy (non-hydrogen) atoms. The Bertz CT molecular complexity index is 371. The minimum atomic E-state index is -0.737. The molecule has 0 heterocycles. The Labute approximate surface area is 82.0 Å². The monoisotopic (exact) mass is 192 g/mol. The summed E-state index contributed by atoms with van der Waals surface area (Å²) >= 11 is 0. The number of hydrogen-bond acceptors (Lipinski definition) is 2. The van der Waals surface area contributed by atoms with Crippen molar-refractivity contribution < 1.29 is 15.0 Å². The van der Waals surface area contributed by atoms with Gasteiger partial charge in [-0.15, -0.1) is 0 Å². The number of rotatable bonds is 1. The molecule has 1 aromatic carbocycles. The van der Waals surface area contributed by atoms with E-state index in [9.17, 15) is 9.90 Å². The quantitative estimate of drug-likeness (QED) is 0.710. The Morgan fingerprint density at radius 3 is 2.86 bits per heavy atom. The van der Waals surface area contributed by atoms with E-state index in [-0.39, 0.29) is 11.7 Å². The first-order chi connectivity index (χ1) is 6.66. The first kappa shape index (κ1) is 9.06. The first-order valence-electron chi connectivity index (χ1n) is 4.70. The van der Waals surface area contributed by atoms with Crippen LogP contribution in [0.2, 0.25) is 0 Å². The predicted octanol–water partition coefficient (Wildman–Crippen LogP) is 1.58. The number of aryl methyl sites for hydroxylation is 1. The molecule has 0 unspecified atom stereocenters. The van der Waals surface area contributed by atoms with Crippen LogP contribution in [0.5, 0.6) is 5.75 Å². The fraction of sp³-hybridized carbons (Fsp3) is 0.364. The Morgan fingerprint density at radius 2 is 2.14 bits per heavy atom. The van der Waals surface area contributed by atoms with Gasteiger partial charge in [-0.3, -0.25) is 4.79 Å². The number of hydrogen-bond donors (Lipinski definition) is 2. The third-order valence-electron chi connectivity index (χ3n) is 2.77. The van der Waals surface area contributed by atoms with E-state index < -0.39 is 5.97 Å². The van der Waals surface area contributed by atoms with E-state index in [0.717, 1.165) is 12.0 Å². The van der Waals surface area contributed by atoms with E-state index >= 15 is 0 Å². The van der Waals surface area contributed by atoms with Gasteiger partial charge in [0.05, 0.1) is 5.92 Å². The minimum Gasteiger partial charge on any atom is -0.508 e. The molecule has 0 spiro atoms. The third kappa shape index (κ3) is 1.58. The first-order valence-corrected chi connectivity index (χ1v) is 4.70. The largest absolute Gasteiger partial charge is 0.508 e.